The maximum absolute atomic E-state index is 12.0. The molecule has 0 aliphatic carbocycles. The van der Waals surface area contributed by atoms with Gasteiger partial charge in [-0.1, -0.05) is 0 Å². The molecular formula is C5H7F5. The van der Waals surface area contributed by atoms with Crippen LogP contribution < -0.4 is 0 Å². The Morgan fingerprint density at radius 3 is 2.00 bits per heavy atom. The van der Waals surface area contributed by atoms with E-state index in [1.165, 1.54) is 0 Å². The summed E-state index contributed by atoms with van der Waals surface area (Å²) in [7, 11) is 0. The first-order chi connectivity index (χ1) is 4.48. The topological polar surface area (TPSA) is 0 Å². The zero-order valence-electron chi connectivity index (χ0n) is 5.09. The molecule has 0 heterocycles. The molecule has 0 fully saturated rings. The van der Waals surface area contributed by atoms with Gasteiger partial charge in [0, 0.05) is 6.42 Å². The summed E-state index contributed by atoms with van der Waals surface area (Å²) in [5, 5.41) is 0. The largest absolute Gasteiger partial charge is 0.256 e. The number of hydrogen-bond donors (Lipinski definition) is 0. The van der Waals surface area contributed by atoms with Gasteiger partial charge in [0.15, 0.2) is 0 Å². The van der Waals surface area contributed by atoms with Gasteiger partial charge in [0.05, 0.1) is 13.1 Å². The molecule has 0 aliphatic heterocycles. The maximum Gasteiger partial charge on any atom is 0.256 e. The van der Waals surface area contributed by atoms with Gasteiger partial charge in [-0.25, -0.2) is 17.6 Å². The van der Waals surface area contributed by atoms with E-state index in [1.54, 1.807) is 0 Å². The molecule has 0 rings (SSSR count). The van der Waals surface area contributed by atoms with E-state index < -0.39 is 31.9 Å². The zero-order valence-corrected chi connectivity index (χ0v) is 5.09. The second kappa shape index (κ2) is 3.73. The minimum atomic E-state index is -3.55. The minimum Gasteiger partial charge on any atom is -0.251 e. The normalized spacial score (nSPS) is 12.6. The van der Waals surface area contributed by atoms with E-state index in [2.05, 4.69) is 0 Å². The SMILES string of the molecule is FCCC(F)(F)CC(F)F. The molecule has 0 nitrogen and oxygen atoms in total. The van der Waals surface area contributed by atoms with Gasteiger partial charge < -0.3 is 0 Å². The van der Waals surface area contributed by atoms with Crippen molar-refractivity contribution >= 4 is 0 Å². The molecule has 0 atom stereocenters. The summed E-state index contributed by atoms with van der Waals surface area (Å²) < 4.78 is 57.6. The van der Waals surface area contributed by atoms with Crippen LogP contribution >= 0.6 is 0 Å². The number of rotatable bonds is 4. The molecule has 0 spiro atoms. The second-order valence-electron chi connectivity index (χ2n) is 1.89. The fourth-order valence-electron chi connectivity index (χ4n) is 0.466. The van der Waals surface area contributed by atoms with Crippen molar-refractivity contribution in [1.29, 1.82) is 0 Å². The number of halogens is 5. The highest BCUT2D eigenvalue weighted by molar-refractivity contribution is 4.66. The van der Waals surface area contributed by atoms with Gasteiger partial charge >= 0.3 is 0 Å². The molecule has 5 heteroatoms. The van der Waals surface area contributed by atoms with Crippen molar-refractivity contribution in [2.75, 3.05) is 6.67 Å². The Balaban J connectivity index is 3.63. The van der Waals surface area contributed by atoms with Crippen molar-refractivity contribution in [3.8, 4) is 0 Å². The summed E-state index contributed by atoms with van der Waals surface area (Å²) in [6, 6.07) is 0. The quantitative estimate of drug-likeness (QED) is 0.557. The standard InChI is InChI=1S/C5H7F5/c6-2-1-5(9,10)3-4(7)8/h4H,1-3H2. The highest BCUT2D eigenvalue weighted by Gasteiger charge is 2.32. The van der Waals surface area contributed by atoms with Crippen LogP contribution in [0.1, 0.15) is 12.8 Å². The van der Waals surface area contributed by atoms with Gasteiger partial charge in [0.1, 0.15) is 0 Å². The molecule has 0 amide bonds. The molecule has 62 valence electrons. The van der Waals surface area contributed by atoms with Gasteiger partial charge in [-0.3, -0.25) is 4.39 Å². The van der Waals surface area contributed by atoms with Crippen molar-refractivity contribution in [3.05, 3.63) is 0 Å². The summed E-state index contributed by atoms with van der Waals surface area (Å²) in [6.07, 6.45) is -5.73. The molecule has 0 N–H and O–H groups in total. The van der Waals surface area contributed by atoms with Crippen molar-refractivity contribution in [2.45, 2.75) is 25.2 Å². The van der Waals surface area contributed by atoms with E-state index in [4.69, 9.17) is 0 Å². The Hall–Kier alpha value is -0.350. The smallest absolute Gasteiger partial charge is 0.251 e. The van der Waals surface area contributed by atoms with E-state index in [9.17, 15) is 22.0 Å². The van der Waals surface area contributed by atoms with Gasteiger partial charge in [0.25, 0.3) is 5.92 Å². The fourth-order valence-corrected chi connectivity index (χ4v) is 0.466. The molecule has 0 unspecified atom stereocenters. The second-order valence-corrected chi connectivity index (χ2v) is 1.89. The Morgan fingerprint density at radius 1 is 1.20 bits per heavy atom. The molecule has 0 saturated carbocycles. The Bertz CT molecular complexity index is 90.0. The van der Waals surface area contributed by atoms with Gasteiger partial charge in [0.2, 0.25) is 6.43 Å². The Morgan fingerprint density at radius 2 is 1.70 bits per heavy atom. The third-order valence-corrected chi connectivity index (χ3v) is 0.913. The zero-order chi connectivity index (χ0) is 8.20. The van der Waals surface area contributed by atoms with Crippen LogP contribution in [0.25, 0.3) is 0 Å². The van der Waals surface area contributed by atoms with Crippen molar-refractivity contribution < 1.29 is 22.0 Å². The van der Waals surface area contributed by atoms with E-state index >= 15 is 0 Å². The molecule has 10 heavy (non-hydrogen) atoms. The lowest BCUT2D eigenvalue weighted by Crippen LogP contribution is -2.20. The third-order valence-electron chi connectivity index (χ3n) is 0.913. The molecule has 0 aliphatic rings. The lowest BCUT2D eigenvalue weighted by Gasteiger charge is -2.12. The molecule has 0 radical (unpaired) electrons. The predicted molar refractivity (Wildman–Crippen MR) is 26.2 cm³/mol. The van der Waals surface area contributed by atoms with Crippen LogP contribution in [0.15, 0.2) is 0 Å². The van der Waals surface area contributed by atoms with Crippen LogP contribution in [0.5, 0.6) is 0 Å². The Kier molecular flexibility index (Phi) is 3.60. The van der Waals surface area contributed by atoms with Crippen molar-refractivity contribution in [1.82, 2.24) is 0 Å². The van der Waals surface area contributed by atoms with Gasteiger partial charge in [-0.15, -0.1) is 0 Å². The van der Waals surface area contributed by atoms with Crippen LogP contribution in [0.2, 0.25) is 0 Å². The molecule has 0 saturated heterocycles. The first-order valence-corrected chi connectivity index (χ1v) is 2.70. The predicted octanol–water partition coefficient (Wildman–Crippen LogP) is 2.64. The van der Waals surface area contributed by atoms with E-state index in [0.717, 1.165) is 0 Å². The van der Waals surface area contributed by atoms with Crippen molar-refractivity contribution in [2.24, 2.45) is 0 Å². The summed E-state index contributed by atoms with van der Waals surface area (Å²) in [6.45, 7) is -1.26. The van der Waals surface area contributed by atoms with E-state index in [0.29, 0.717) is 0 Å². The average Bonchev–Trinajstić information content (AvgIpc) is 1.59. The summed E-state index contributed by atoms with van der Waals surface area (Å²) in [5.74, 6) is -3.55. The molecule has 0 aromatic heterocycles. The summed E-state index contributed by atoms with van der Waals surface area (Å²) >= 11 is 0. The van der Waals surface area contributed by atoms with Crippen LogP contribution in [0.3, 0.4) is 0 Å². The highest BCUT2D eigenvalue weighted by atomic mass is 19.3. The van der Waals surface area contributed by atoms with E-state index in [-0.39, 0.29) is 0 Å². The monoisotopic (exact) mass is 162 g/mol. The Labute approximate surface area is 55.0 Å². The summed E-state index contributed by atoms with van der Waals surface area (Å²) in [5.41, 5.74) is 0. The van der Waals surface area contributed by atoms with Crippen LogP contribution in [0.4, 0.5) is 22.0 Å². The summed E-state index contributed by atoms with van der Waals surface area (Å²) in [4.78, 5) is 0. The molecular weight excluding hydrogens is 155 g/mol. The minimum absolute atomic E-state index is 1.11. The maximum atomic E-state index is 12.0. The first-order valence-electron chi connectivity index (χ1n) is 2.70. The number of alkyl halides is 5. The van der Waals surface area contributed by atoms with Crippen molar-refractivity contribution in [3.63, 3.8) is 0 Å². The average molecular weight is 162 g/mol. The van der Waals surface area contributed by atoms with Crippen LogP contribution in [-0.2, 0) is 0 Å². The lowest BCUT2D eigenvalue weighted by molar-refractivity contribution is -0.0629. The lowest BCUT2D eigenvalue weighted by atomic mass is 10.2. The fraction of sp³-hybridized carbons (Fsp3) is 1.00. The van der Waals surface area contributed by atoms with Crippen LogP contribution in [0, 0.1) is 0 Å². The highest BCUT2D eigenvalue weighted by Crippen LogP contribution is 2.25. The third kappa shape index (κ3) is 4.52. The first kappa shape index (κ1) is 9.65. The van der Waals surface area contributed by atoms with E-state index in [1.807, 2.05) is 0 Å². The van der Waals surface area contributed by atoms with Crippen LogP contribution in [-0.4, -0.2) is 19.0 Å². The number of hydrogen-bond acceptors (Lipinski definition) is 0. The van der Waals surface area contributed by atoms with Gasteiger partial charge in [-0.05, 0) is 0 Å². The molecule has 0 aromatic carbocycles. The molecule has 0 bridgehead atoms. The van der Waals surface area contributed by atoms with Gasteiger partial charge in [-0.2, -0.15) is 0 Å². The molecule has 0 aromatic rings.